The lowest BCUT2D eigenvalue weighted by Gasteiger charge is -2.25. The van der Waals surface area contributed by atoms with Gasteiger partial charge in [0.2, 0.25) is 0 Å². The molecule has 0 bridgehead atoms. The van der Waals surface area contributed by atoms with Crippen LogP contribution in [0.3, 0.4) is 0 Å². The average molecular weight is 791 g/mol. The smallest absolute Gasteiger partial charge is 0.338 e. The summed E-state index contributed by atoms with van der Waals surface area (Å²) in [6.07, 6.45) is 1.69. The van der Waals surface area contributed by atoms with Crippen LogP contribution in [0.5, 0.6) is 17.2 Å². The number of nitrogens with zero attached hydrogens (tertiary/aromatic N) is 2. The zero-order valence-electron chi connectivity index (χ0n) is 25.7. The molecule has 1 atom stereocenters. The first-order chi connectivity index (χ1) is 22.0. The fraction of sp³-hybridized carbons (Fsp3) is 0.265. The first-order valence-electron chi connectivity index (χ1n) is 14.4. The second-order valence-corrected chi connectivity index (χ2v) is 13.8. The van der Waals surface area contributed by atoms with Crippen molar-refractivity contribution in [1.29, 1.82) is 0 Å². The number of thiazole rings is 1. The van der Waals surface area contributed by atoms with Gasteiger partial charge in [-0.3, -0.25) is 9.36 Å². The average Bonchev–Trinajstić information content (AvgIpc) is 3.29. The summed E-state index contributed by atoms with van der Waals surface area (Å²) in [5.74, 6) is 1.04. The van der Waals surface area contributed by atoms with Gasteiger partial charge >= 0.3 is 5.97 Å². The Morgan fingerprint density at radius 1 is 1.13 bits per heavy atom. The number of aromatic nitrogens is 1. The van der Waals surface area contributed by atoms with Gasteiger partial charge in [0, 0.05) is 15.1 Å². The van der Waals surface area contributed by atoms with Crippen molar-refractivity contribution in [3.05, 3.63) is 116 Å². The van der Waals surface area contributed by atoms with Crippen molar-refractivity contribution in [1.82, 2.24) is 4.57 Å². The Labute approximate surface area is 292 Å². The van der Waals surface area contributed by atoms with Crippen LogP contribution in [-0.2, 0) is 16.1 Å². The molecule has 3 aromatic carbocycles. The highest BCUT2D eigenvalue weighted by molar-refractivity contribution is 9.11. The van der Waals surface area contributed by atoms with Gasteiger partial charge in [-0.2, -0.15) is 0 Å². The first-order valence-corrected chi connectivity index (χ1v) is 17.2. The maximum absolute atomic E-state index is 14.3. The molecule has 2 heterocycles. The van der Waals surface area contributed by atoms with Gasteiger partial charge in [0.15, 0.2) is 16.3 Å². The Hall–Kier alpha value is -3.38. The number of carbonyl (C=O) groups is 1. The van der Waals surface area contributed by atoms with Crippen LogP contribution in [-0.4, -0.2) is 30.4 Å². The number of ether oxygens (including phenoxy) is 4. The number of fused-ring (bicyclic) bond motifs is 1. The van der Waals surface area contributed by atoms with E-state index in [-0.39, 0.29) is 30.5 Å². The predicted octanol–water partition coefficient (Wildman–Crippen LogP) is 7.35. The molecule has 0 saturated carbocycles. The van der Waals surface area contributed by atoms with Crippen LogP contribution in [0, 0.1) is 0 Å². The summed E-state index contributed by atoms with van der Waals surface area (Å²) in [7, 11) is 1.55. The molecule has 1 aliphatic rings. The minimum Gasteiger partial charge on any atom is -0.493 e. The van der Waals surface area contributed by atoms with Crippen LogP contribution in [0.2, 0.25) is 5.02 Å². The fourth-order valence-corrected chi connectivity index (χ4v) is 7.70. The number of methoxy groups -OCH3 is 1. The largest absolute Gasteiger partial charge is 0.493 e. The molecule has 0 amide bonds. The Kier molecular flexibility index (Phi) is 10.8. The van der Waals surface area contributed by atoms with E-state index in [2.05, 4.69) is 31.9 Å². The Bertz CT molecular complexity index is 2020. The maximum atomic E-state index is 14.3. The quantitative estimate of drug-likeness (QED) is 0.156. The van der Waals surface area contributed by atoms with E-state index in [4.69, 9.17) is 35.5 Å². The number of benzene rings is 3. The van der Waals surface area contributed by atoms with Crippen molar-refractivity contribution < 1.29 is 23.7 Å². The molecule has 0 aliphatic carbocycles. The third kappa shape index (κ3) is 7.27. The molecular formula is C34H31Br2ClN2O6S. The van der Waals surface area contributed by atoms with Gasteiger partial charge in [-0.1, -0.05) is 57.1 Å². The van der Waals surface area contributed by atoms with Gasteiger partial charge in [-0.15, -0.1) is 0 Å². The van der Waals surface area contributed by atoms with E-state index in [9.17, 15) is 9.59 Å². The number of esters is 1. The van der Waals surface area contributed by atoms with Crippen molar-refractivity contribution in [3.63, 3.8) is 0 Å². The van der Waals surface area contributed by atoms with Gasteiger partial charge in [-0.25, -0.2) is 9.79 Å². The highest BCUT2D eigenvalue weighted by Gasteiger charge is 2.34. The zero-order chi connectivity index (χ0) is 33.1. The molecule has 240 valence electrons. The zero-order valence-corrected chi connectivity index (χ0v) is 30.5. The molecule has 5 rings (SSSR count). The lowest BCUT2D eigenvalue weighted by molar-refractivity contribution is -0.139. The summed E-state index contributed by atoms with van der Waals surface area (Å²) in [6, 6.07) is 15.8. The second kappa shape index (κ2) is 14.6. The Morgan fingerprint density at radius 2 is 1.91 bits per heavy atom. The molecule has 4 aromatic rings. The van der Waals surface area contributed by atoms with Crippen molar-refractivity contribution >= 4 is 66.8 Å². The standard InChI is InChI=1S/C34H31Br2ClN2O6S/c1-6-43-33(41)29-19(4)38-34-39(30(29)21-10-11-26(45-18(2)3)27(14-21)42-5)32(40)28(46-34)15-22-13-23(35)16-25(36)31(22)44-17-20-8-7-9-24(37)12-20/h7-16,18,30H,6,17H2,1-5H3/b28-15+/t30-/m1/s1. The van der Waals surface area contributed by atoms with E-state index in [1.807, 2.05) is 50.2 Å². The van der Waals surface area contributed by atoms with Crippen LogP contribution in [0.25, 0.3) is 6.08 Å². The molecule has 1 aromatic heterocycles. The van der Waals surface area contributed by atoms with Crippen molar-refractivity contribution in [3.8, 4) is 17.2 Å². The molecule has 46 heavy (non-hydrogen) atoms. The van der Waals surface area contributed by atoms with Crippen molar-refractivity contribution in [2.75, 3.05) is 13.7 Å². The SMILES string of the molecule is CCOC(=O)C1=C(C)N=c2s/c(=C/c3cc(Br)cc(Br)c3OCc3cccc(Cl)c3)c(=O)n2[C@@H]1c1ccc(OC(C)C)c(OC)c1. The van der Waals surface area contributed by atoms with Gasteiger partial charge < -0.3 is 18.9 Å². The monoisotopic (exact) mass is 788 g/mol. The Morgan fingerprint density at radius 3 is 2.61 bits per heavy atom. The van der Waals surface area contributed by atoms with Crippen LogP contribution in [0.1, 0.15) is 50.4 Å². The van der Waals surface area contributed by atoms with Crippen molar-refractivity contribution in [2.24, 2.45) is 4.99 Å². The fourth-order valence-electron chi connectivity index (χ4n) is 5.08. The molecule has 0 N–H and O–H groups in total. The van der Waals surface area contributed by atoms with Gasteiger partial charge in [0.25, 0.3) is 5.56 Å². The maximum Gasteiger partial charge on any atom is 0.338 e. The summed E-state index contributed by atoms with van der Waals surface area (Å²) in [4.78, 5) is 32.8. The summed E-state index contributed by atoms with van der Waals surface area (Å²) in [5.41, 5.74) is 2.64. The van der Waals surface area contributed by atoms with Crippen LogP contribution < -0.4 is 29.1 Å². The summed E-state index contributed by atoms with van der Waals surface area (Å²) in [6.45, 7) is 7.77. The lowest BCUT2D eigenvalue weighted by Crippen LogP contribution is -2.40. The molecule has 0 spiro atoms. The second-order valence-electron chi connectivity index (χ2n) is 10.6. The number of allylic oxidation sites excluding steroid dienone is 1. The number of halogens is 3. The van der Waals surface area contributed by atoms with E-state index in [1.165, 1.54) is 15.9 Å². The number of hydrogen-bond acceptors (Lipinski definition) is 8. The highest BCUT2D eigenvalue weighted by atomic mass is 79.9. The summed E-state index contributed by atoms with van der Waals surface area (Å²) < 4.78 is 26.7. The van der Waals surface area contributed by atoms with Gasteiger partial charge in [-0.05, 0) is 97.2 Å². The minimum absolute atomic E-state index is 0.0768. The molecular weight excluding hydrogens is 760 g/mol. The molecule has 12 heteroatoms. The topological polar surface area (TPSA) is 88.4 Å². The van der Waals surface area contributed by atoms with Crippen LogP contribution in [0.15, 0.2) is 84.6 Å². The molecule has 0 saturated heterocycles. The summed E-state index contributed by atoms with van der Waals surface area (Å²) >= 11 is 14.6. The van der Waals surface area contributed by atoms with Gasteiger partial charge in [0.05, 0.1) is 46.1 Å². The van der Waals surface area contributed by atoms with Crippen molar-refractivity contribution in [2.45, 2.75) is 46.4 Å². The molecule has 8 nitrogen and oxygen atoms in total. The molecule has 0 radical (unpaired) electrons. The number of carbonyl (C=O) groups excluding carboxylic acids is 1. The van der Waals surface area contributed by atoms with E-state index in [0.29, 0.717) is 52.9 Å². The van der Waals surface area contributed by atoms with E-state index >= 15 is 0 Å². The first kappa shape index (κ1) is 34.0. The van der Waals surface area contributed by atoms with E-state index < -0.39 is 12.0 Å². The van der Waals surface area contributed by atoms with E-state index in [1.54, 1.807) is 45.2 Å². The van der Waals surface area contributed by atoms with Gasteiger partial charge in [0.1, 0.15) is 12.4 Å². The molecule has 0 fully saturated rings. The lowest BCUT2D eigenvalue weighted by atomic mass is 9.95. The Balaban J connectivity index is 1.66. The minimum atomic E-state index is -0.813. The third-order valence-corrected chi connectivity index (χ3v) is 9.24. The normalized spacial score (nSPS) is 14.6. The molecule has 1 aliphatic heterocycles. The van der Waals surface area contributed by atoms with Crippen LogP contribution >= 0.6 is 54.8 Å². The number of rotatable bonds is 10. The van der Waals surface area contributed by atoms with Crippen LogP contribution in [0.4, 0.5) is 0 Å². The predicted molar refractivity (Wildman–Crippen MR) is 187 cm³/mol. The summed E-state index contributed by atoms with van der Waals surface area (Å²) in [5, 5.41) is 0.615. The highest BCUT2D eigenvalue weighted by Crippen LogP contribution is 2.37. The van der Waals surface area contributed by atoms with E-state index in [0.717, 1.165) is 10.0 Å². The molecule has 0 unspecified atom stereocenters. The number of hydrogen-bond donors (Lipinski definition) is 0. The third-order valence-electron chi connectivity index (χ3n) is 6.98.